The standard InChI is InChI=1S/C4H11B2N3O2/c5-8-3(10)1-7-2-4(11)9-6/h7H,1-2,5-6H2,(H,8,10)(H,9,11). The van der Waals surface area contributed by atoms with Gasteiger partial charge >= 0.3 is 0 Å². The SMILES string of the molecule is BNC(=O)CNCC(=O)NB. The van der Waals surface area contributed by atoms with Crippen LogP contribution in [0.15, 0.2) is 0 Å². The summed E-state index contributed by atoms with van der Waals surface area (Å²) in [5, 5.41) is 7.51. The molecule has 0 saturated carbocycles. The minimum Gasteiger partial charge on any atom is -0.405 e. The second-order valence-corrected chi connectivity index (χ2v) is 1.95. The fraction of sp³-hybridized carbons (Fsp3) is 0.500. The third-order valence-electron chi connectivity index (χ3n) is 1.13. The predicted molar refractivity (Wildman–Crippen MR) is 46.2 cm³/mol. The molecule has 0 rings (SSSR count). The van der Waals surface area contributed by atoms with Gasteiger partial charge in [-0.15, -0.1) is 0 Å². The van der Waals surface area contributed by atoms with E-state index >= 15 is 0 Å². The molecule has 0 atom stereocenters. The van der Waals surface area contributed by atoms with Crippen LogP contribution in [0.1, 0.15) is 0 Å². The van der Waals surface area contributed by atoms with Crippen molar-refractivity contribution in [3.05, 3.63) is 0 Å². The molecule has 0 bridgehead atoms. The van der Waals surface area contributed by atoms with E-state index in [1.165, 1.54) is 0 Å². The van der Waals surface area contributed by atoms with Crippen LogP contribution in [0.3, 0.4) is 0 Å². The van der Waals surface area contributed by atoms with Crippen molar-refractivity contribution < 1.29 is 9.59 Å². The molecule has 0 aromatic rings. The molecule has 0 fully saturated rings. The Kier molecular flexibility index (Phi) is 5.28. The highest BCUT2D eigenvalue weighted by Crippen LogP contribution is 1.62. The van der Waals surface area contributed by atoms with Crippen LogP contribution >= 0.6 is 0 Å². The van der Waals surface area contributed by atoms with Gasteiger partial charge in [-0.2, -0.15) is 0 Å². The Labute approximate surface area is 67.2 Å². The zero-order valence-electron chi connectivity index (χ0n) is 6.73. The first kappa shape index (κ1) is 10.0. The van der Waals surface area contributed by atoms with Gasteiger partial charge in [-0.25, -0.2) is 0 Å². The Hall–Kier alpha value is -0.970. The molecule has 0 radical (unpaired) electrons. The van der Waals surface area contributed by atoms with Gasteiger partial charge in [-0.3, -0.25) is 14.9 Å². The number of hydrogen-bond donors (Lipinski definition) is 3. The maximum atomic E-state index is 10.6. The van der Waals surface area contributed by atoms with Crippen molar-refractivity contribution in [1.82, 2.24) is 15.8 Å². The minimum absolute atomic E-state index is 0.131. The first-order valence-corrected chi connectivity index (χ1v) is 3.32. The maximum absolute atomic E-state index is 10.6. The average molecular weight is 155 g/mol. The highest BCUT2D eigenvalue weighted by atomic mass is 16.2. The van der Waals surface area contributed by atoms with Crippen LogP contribution in [0.25, 0.3) is 0 Å². The third kappa shape index (κ3) is 5.47. The van der Waals surface area contributed by atoms with Crippen LogP contribution in [0, 0.1) is 0 Å². The first-order valence-electron chi connectivity index (χ1n) is 3.32. The third-order valence-corrected chi connectivity index (χ3v) is 1.13. The van der Waals surface area contributed by atoms with Crippen molar-refractivity contribution in [3.63, 3.8) is 0 Å². The van der Waals surface area contributed by atoms with Crippen LogP contribution < -0.4 is 15.8 Å². The number of carbonyl (C=O) groups excluding carboxylic acids is 2. The summed E-state index contributed by atoms with van der Waals surface area (Å²) in [5.41, 5.74) is 0. The summed E-state index contributed by atoms with van der Waals surface area (Å²) in [5.74, 6) is -0.261. The molecule has 5 nitrogen and oxygen atoms in total. The van der Waals surface area contributed by atoms with Gasteiger partial charge in [-0.1, -0.05) is 0 Å². The lowest BCUT2D eigenvalue weighted by atomic mass is 10.4. The molecular formula is C4H11B2N3O2. The summed E-state index contributed by atoms with van der Waals surface area (Å²) in [6.07, 6.45) is 0. The summed E-state index contributed by atoms with van der Waals surface area (Å²) in [4.78, 5) is 21.2. The zero-order valence-corrected chi connectivity index (χ0v) is 6.73. The molecule has 0 saturated heterocycles. The second kappa shape index (κ2) is 5.79. The second-order valence-electron chi connectivity index (χ2n) is 1.95. The quantitative estimate of drug-likeness (QED) is 0.361. The Morgan fingerprint density at radius 1 is 1.00 bits per heavy atom. The normalized spacial score (nSPS) is 8.73. The van der Waals surface area contributed by atoms with E-state index in [0.717, 1.165) is 0 Å². The largest absolute Gasteiger partial charge is 0.405 e. The Morgan fingerprint density at radius 3 is 1.64 bits per heavy atom. The van der Waals surface area contributed by atoms with Gasteiger partial charge in [0.2, 0.25) is 27.8 Å². The van der Waals surface area contributed by atoms with E-state index in [0.29, 0.717) is 0 Å². The van der Waals surface area contributed by atoms with E-state index in [1.807, 2.05) is 0 Å². The van der Waals surface area contributed by atoms with Crippen molar-refractivity contribution in [2.75, 3.05) is 13.1 Å². The summed E-state index contributed by atoms with van der Waals surface area (Å²) in [7, 11) is 3.09. The zero-order chi connectivity index (χ0) is 8.69. The van der Waals surface area contributed by atoms with Crippen molar-refractivity contribution in [1.29, 1.82) is 0 Å². The number of amides is 2. The van der Waals surface area contributed by atoms with E-state index in [2.05, 4.69) is 15.8 Å². The van der Waals surface area contributed by atoms with E-state index in [4.69, 9.17) is 0 Å². The van der Waals surface area contributed by atoms with Gasteiger partial charge < -0.3 is 10.5 Å². The molecule has 0 heterocycles. The monoisotopic (exact) mass is 155 g/mol. The summed E-state index contributed by atoms with van der Waals surface area (Å²) >= 11 is 0. The van der Waals surface area contributed by atoms with Crippen LogP contribution in [0.4, 0.5) is 0 Å². The number of nitrogens with one attached hydrogen (secondary N) is 3. The molecule has 60 valence electrons. The fourth-order valence-corrected chi connectivity index (χ4v) is 0.466. The first-order chi connectivity index (χ1) is 5.20. The lowest BCUT2D eigenvalue weighted by molar-refractivity contribution is -0.119. The molecule has 0 aromatic carbocycles. The lowest BCUT2D eigenvalue weighted by Gasteiger charge is -2.01. The Morgan fingerprint density at radius 2 is 1.36 bits per heavy atom. The smallest absolute Gasteiger partial charge is 0.221 e. The van der Waals surface area contributed by atoms with Crippen molar-refractivity contribution in [2.24, 2.45) is 0 Å². The summed E-state index contributed by atoms with van der Waals surface area (Å²) in [6.45, 7) is 0.341. The Bertz CT molecular complexity index is 136. The van der Waals surface area contributed by atoms with Crippen molar-refractivity contribution >= 4 is 27.8 Å². The molecule has 0 unspecified atom stereocenters. The van der Waals surface area contributed by atoms with Gasteiger partial charge in [0.05, 0.1) is 13.1 Å². The van der Waals surface area contributed by atoms with Crippen LogP contribution in [-0.4, -0.2) is 40.9 Å². The number of hydrogen-bond acceptors (Lipinski definition) is 3. The van der Waals surface area contributed by atoms with Gasteiger partial charge in [-0.05, 0) is 0 Å². The molecule has 0 aliphatic rings. The maximum Gasteiger partial charge on any atom is 0.221 e. The molecule has 0 spiro atoms. The van der Waals surface area contributed by atoms with E-state index in [-0.39, 0.29) is 24.9 Å². The van der Waals surface area contributed by atoms with Crippen LogP contribution in [0.2, 0.25) is 0 Å². The average Bonchev–Trinajstić information content (AvgIpc) is 2.04. The molecule has 11 heavy (non-hydrogen) atoms. The van der Waals surface area contributed by atoms with E-state index in [1.54, 1.807) is 16.0 Å². The van der Waals surface area contributed by atoms with Gasteiger partial charge in [0.1, 0.15) is 0 Å². The van der Waals surface area contributed by atoms with Gasteiger partial charge in [0.25, 0.3) is 0 Å². The Balaban J connectivity index is 3.27. The molecule has 2 amide bonds. The van der Waals surface area contributed by atoms with E-state index in [9.17, 15) is 9.59 Å². The van der Waals surface area contributed by atoms with Crippen LogP contribution in [0.5, 0.6) is 0 Å². The minimum atomic E-state index is -0.131. The molecule has 0 aliphatic heterocycles. The number of rotatable bonds is 4. The molecule has 0 aliphatic carbocycles. The van der Waals surface area contributed by atoms with Crippen molar-refractivity contribution in [2.45, 2.75) is 0 Å². The van der Waals surface area contributed by atoms with Crippen molar-refractivity contribution in [3.8, 4) is 0 Å². The fourth-order valence-electron chi connectivity index (χ4n) is 0.466. The molecular weight excluding hydrogens is 144 g/mol. The molecule has 3 N–H and O–H groups in total. The molecule has 0 aromatic heterocycles. The highest BCUT2D eigenvalue weighted by molar-refractivity contribution is 6.15. The molecule has 7 heteroatoms. The highest BCUT2D eigenvalue weighted by Gasteiger charge is 1.98. The van der Waals surface area contributed by atoms with Crippen LogP contribution in [-0.2, 0) is 9.59 Å². The summed E-state index contributed by atoms with van der Waals surface area (Å²) < 4.78 is 0. The summed E-state index contributed by atoms with van der Waals surface area (Å²) in [6, 6.07) is 0. The number of carbonyl (C=O) groups is 2. The van der Waals surface area contributed by atoms with Gasteiger partial charge in [0, 0.05) is 0 Å². The lowest BCUT2D eigenvalue weighted by Crippen LogP contribution is -2.38. The van der Waals surface area contributed by atoms with E-state index < -0.39 is 0 Å². The predicted octanol–water partition coefficient (Wildman–Crippen LogP) is -4.10. The van der Waals surface area contributed by atoms with Gasteiger partial charge in [0.15, 0.2) is 0 Å². The topological polar surface area (TPSA) is 70.2 Å².